The van der Waals surface area contributed by atoms with Gasteiger partial charge in [0.15, 0.2) is 5.15 Å². The number of nitrogens with zero attached hydrogens (tertiary/aromatic N) is 3. The Morgan fingerprint density at radius 2 is 2.41 bits per heavy atom. The molecule has 1 aliphatic rings. The van der Waals surface area contributed by atoms with Crippen LogP contribution in [0.2, 0.25) is 5.15 Å². The van der Waals surface area contributed by atoms with Crippen LogP contribution in [0.3, 0.4) is 0 Å². The van der Waals surface area contributed by atoms with Crippen molar-refractivity contribution in [1.82, 2.24) is 20.3 Å². The van der Waals surface area contributed by atoms with Crippen molar-refractivity contribution < 1.29 is 8.91 Å². The van der Waals surface area contributed by atoms with Crippen molar-refractivity contribution in [2.45, 2.75) is 25.6 Å². The molecule has 0 radical (unpaired) electrons. The summed E-state index contributed by atoms with van der Waals surface area (Å²) in [6.07, 6.45) is 1.73. The fourth-order valence-corrected chi connectivity index (χ4v) is 3.47. The number of rotatable bonds is 3. The summed E-state index contributed by atoms with van der Waals surface area (Å²) in [5.74, 6) is -0.253. The second-order valence-electron chi connectivity index (χ2n) is 4.80. The summed E-state index contributed by atoms with van der Waals surface area (Å²) in [7, 11) is 0. The van der Waals surface area contributed by atoms with Crippen molar-refractivity contribution in [2.75, 3.05) is 11.9 Å². The number of hydrogen-bond donors (Lipinski definition) is 2. The number of hydrogen-bond acceptors (Lipinski definition) is 6. The first-order valence-electron chi connectivity index (χ1n) is 7.86. The molecule has 116 valence electrons. The number of aryl methyl sites for hydroxylation is 1. The fourth-order valence-electron chi connectivity index (χ4n) is 2.01. The number of aromatic nitrogens is 3. The van der Waals surface area contributed by atoms with E-state index in [9.17, 15) is 4.79 Å². The smallest absolute Gasteiger partial charge is 0.232 e. The molecular weight excluding hydrogens is 390 g/mol. The largest absolute Gasteiger partial charge is 0.355 e. The quantitative estimate of drug-likeness (QED) is 0.820. The maximum absolute atomic E-state index is 12.3. The molecule has 1 amide bonds. The Morgan fingerprint density at radius 1 is 1.59 bits per heavy atom. The number of thiazole rings is 1. The molecule has 2 N–H and O–H groups in total. The predicted molar refractivity (Wildman–Crippen MR) is 89.9 cm³/mol. The Balaban J connectivity index is 1.99. The van der Waals surface area contributed by atoms with E-state index >= 15 is 0 Å². The molecule has 0 aliphatic carbocycles. The van der Waals surface area contributed by atoms with Gasteiger partial charge in [-0.1, -0.05) is 22.9 Å². The molecule has 22 heavy (non-hydrogen) atoms. The molecule has 1 atom stereocenters. The van der Waals surface area contributed by atoms with Gasteiger partial charge in [0.05, 0.1) is 15.6 Å². The second-order valence-corrected chi connectivity index (χ2v) is 7.01. The Hall–Kier alpha value is -1.25. The van der Waals surface area contributed by atoms with Crippen LogP contribution in [0.25, 0.3) is 0 Å². The molecule has 1 aliphatic heterocycles. The fraction of sp³-hybridized carbons (Fsp3) is 0.385. The van der Waals surface area contributed by atoms with Gasteiger partial charge in [-0.2, -0.15) is 0 Å². The van der Waals surface area contributed by atoms with Gasteiger partial charge in [-0.15, -0.1) is 0 Å². The van der Waals surface area contributed by atoms with Crippen LogP contribution in [-0.4, -0.2) is 27.4 Å². The van der Waals surface area contributed by atoms with E-state index in [2.05, 4.69) is 41.5 Å². The van der Waals surface area contributed by atoms with Gasteiger partial charge in [0.25, 0.3) is 0 Å². The molecule has 6 nitrogen and oxygen atoms in total. The molecule has 3 rings (SSSR count). The van der Waals surface area contributed by atoms with E-state index in [0.717, 1.165) is 21.5 Å². The molecule has 0 saturated carbocycles. The van der Waals surface area contributed by atoms with Crippen molar-refractivity contribution in [3.63, 3.8) is 0 Å². The van der Waals surface area contributed by atoms with Gasteiger partial charge < -0.3 is 10.6 Å². The molecule has 3 heterocycles. The van der Waals surface area contributed by atoms with E-state index in [1.165, 1.54) is 0 Å². The normalized spacial score (nSPS) is 23.6. The van der Waals surface area contributed by atoms with Gasteiger partial charge in [-0.25, -0.2) is 15.0 Å². The number of nitrogens with one attached hydrogen (secondary N) is 2. The van der Waals surface area contributed by atoms with Crippen LogP contribution in [0.5, 0.6) is 0 Å². The molecule has 2 aromatic heterocycles. The Labute approximate surface area is 149 Å². The Morgan fingerprint density at radius 3 is 3.05 bits per heavy atom. The average molecular weight is 406 g/mol. The topological polar surface area (TPSA) is 79.8 Å². The molecule has 9 heteroatoms. The van der Waals surface area contributed by atoms with E-state index in [4.69, 9.17) is 15.7 Å². The summed E-state index contributed by atoms with van der Waals surface area (Å²) >= 11 is 10.5. The van der Waals surface area contributed by atoms with Crippen molar-refractivity contribution >= 4 is 55.7 Å². The number of carbonyl (C=O) groups is 1. The molecule has 1 fully saturated rings. The van der Waals surface area contributed by atoms with Gasteiger partial charge in [0.2, 0.25) is 11.9 Å². The molecule has 0 unspecified atom stereocenters. The van der Waals surface area contributed by atoms with Crippen LogP contribution in [-0.2, 0) is 10.2 Å². The maximum Gasteiger partial charge on any atom is 0.232 e. The van der Waals surface area contributed by atoms with E-state index in [-0.39, 0.29) is 23.1 Å². The standard InChI is InChI=1S/C13H13BrClN5OS/c1-6-7(14)5-17-12(18-6)20-9-8(15)19-11(22-9)13(2)3-4-16-10(13)21/h5H,3-4H2,1-2H3,(H,16,21)(H,17,18,20)/t13-/m0/s1/i2D3. The van der Waals surface area contributed by atoms with E-state index in [1.54, 1.807) is 6.20 Å². The summed E-state index contributed by atoms with van der Waals surface area (Å²) in [5, 5.41) is 6.14. The summed E-state index contributed by atoms with van der Waals surface area (Å²) in [5.41, 5.74) is -0.954. The lowest BCUT2D eigenvalue weighted by Crippen LogP contribution is -2.32. The minimum Gasteiger partial charge on any atom is -0.355 e. The molecule has 1 saturated heterocycles. The van der Waals surface area contributed by atoms with Gasteiger partial charge in [0.1, 0.15) is 10.0 Å². The highest BCUT2D eigenvalue weighted by molar-refractivity contribution is 9.10. The molecule has 0 aromatic carbocycles. The zero-order valence-corrected chi connectivity index (χ0v) is 14.6. The molecular formula is C13H13BrClN5OS. The van der Waals surface area contributed by atoms with Crippen LogP contribution in [0.4, 0.5) is 10.9 Å². The minimum atomic E-state index is -2.53. The van der Waals surface area contributed by atoms with Crippen LogP contribution < -0.4 is 10.6 Å². The van der Waals surface area contributed by atoms with Crippen molar-refractivity contribution in [2.24, 2.45) is 0 Å². The summed E-state index contributed by atoms with van der Waals surface area (Å²) in [6.45, 7) is -0.438. The SMILES string of the molecule is [2H]C([2H])([2H])[C@]1(c2nc(Cl)c(Nc3ncc(Br)c(C)n3)s2)CCNC1=O. The first-order valence-corrected chi connectivity index (χ1v) is 8.35. The Bertz CT molecular complexity index is 846. The molecule has 0 spiro atoms. The number of amides is 1. The summed E-state index contributed by atoms with van der Waals surface area (Å²) in [4.78, 5) is 24.8. The third-order valence-corrected chi connectivity index (χ3v) is 5.57. The molecule has 0 bridgehead atoms. The van der Waals surface area contributed by atoms with Crippen LogP contribution >= 0.6 is 38.9 Å². The summed E-state index contributed by atoms with van der Waals surface area (Å²) < 4.78 is 24.3. The number of halogens is 2. The van der Waals surface area contributed by atoms with E-state index in [0.29, 0.717) is 10.9 Å². The first kappa shape index (κ1) is 12.2. The van der Waals surface area contributed by atoms with Crippen molar-refractivity contribution in [1.29, 1.82) is 0 Å². The third kappa shape index (κ3) is 2.70. The zero-order valence-electron chi connectivity index (χ0n) is 14.4. The Kier molecular flexibility index (Phi) is 3.19. The number of anilines is 2. The summed E-state index contributed by atoms with van der Waals surface area (Å²) in [6, 6.07) is 0. The number of carbonyl (C=O) groups excluding carboxylic acids is 1. The van der Waals surface area contributed by atoms with Crippen molar-refractivity contribution in [3.8, 4) is 0 Å². The average Bonchev–Trinajstić information content (AvgIpc) is 3.07. The van der Waals surface area contributed by atoms with Crippen LogP contribution in [0, 0.1) is 6.92 Å². The zero-order chi connectivity index (χ0) is 18.4. The highest BCUT2D eigenvalue weighted by atomic mass is 79.9. The minimum absolute atomic E-state index is 0.0764. The van der Waals surface area contributed by atoms with E-state index in [1.807, 2.05) is 6.92 Å². The van der Waals surface area contributed by atoms with Gasteiger partial charge in [-0.3, -0.25) is 4.79 Å². The lowest BCUT2D eigenvalue weighted by molar-refractivity contribution is -0.123. The van der Waals surface area contributed by atoms with Crippen molar-refractivity contribution in [3.05, 3.63) is 26.5 Å². The highest BCUT2D eigenvalue weighted by Crippen LogP contribution is 2.40. The lowest BCUT2D eigenvalue weighted by atomic mass is 9.90. The third-order valence-electron chi connectivity index (χ3n) is 3.27. The maximum atomic E-state index is 12.3. The predicted octanol–water partition coefficient (Wildman–Crippen LogP) is 3.18. The monoisotopic (exact) mass is 404 g/mol. The second kappa shape index (κ2) is 5.75. The van der Waals surface area contributed by atoms with Gasteiger partial charge in [0, 0.05) is 16.9 Å². The van der Waals surface area contributed by atoms with Crippen LogP contribution in [0.1, 0.15) is 28.1 Å². The van der Waals surface area contributed by atoms with Gasteiger partial charge in [-0.05, 0) is 36.1 Å². The highest BCUT2D eigenvalue weighted by Gasteiger charge is 2.42. The van der Waals surface area contributed by atoms with E-state index < -0.39 is 18.2 Å². The van der Waals surface area contributed by atoms with Crippen LogP contribution in [0.15, 0.2) is 10.7 Å². The molecule has 2 aromatic rings. The lowest BCUT2D eigenvalue weighted by Gasteiger charge is -2.16. The van der Waals surface area contributed by atoms with Gasteiger partial charge >= 0.3 is 0 Å². The first-order chi connectivity index (χ1) is 11.6.